The Labute approximate surface area is 171 Å². The summed E-state index contributed by atoms with van der Waals surface area (Å²) >= 11 is 0. The molecule has 2 aromatic heterocycles. The van der Waals surface area contributed by atoms with Gasteiger partial charge in [0.2, 0.25) is 0 Å². The van der Waals surface area contributed by atoms with Gasteiger partial charge in [0, 0.05) is 13.7 Å². The zero-order valence-electron chi connectivity index (χ0n) is 16.4. The molecule has 4 aromatic rings. The first-order chi connectivity index (χ1) is 14.6. The van der Waals surface area contributed by atoms with Gasteiger partial charge >= 0.3 is 5.69 Å². The quantitative estimate of drug-likeness (QED) is 0.492. The monoisotopic (exact) mass is 401 g/mol. The van der Waals surface area contributed by atoms with Crippen LogP contribution >= 0.6 is 0 Å². The standard InChI is InChI=1S/C22H19N5O3/c1-30-11-10-26-21(28)19-20(27(22(26)29)18-8-3-2-4-9-18)24-15-25(19)14-17-7-5-6-16(12-17)13-23/h2-9,12,15H,10-11,14H2,1H3. The van der Waals surface area contributed by atoms with Gasteiger partial charge in [-0.1, -0.05) is 30.3 Å². The number of aromatic nitrogens is 4. The summed E-state index contributed by atoms with van der Waals surface area (Å²) in [5.41, 5.74) is 1.73. The van der Waals surface area contributed by atoms with E-state index in [4.69, 9.17) is 10.00 Å². The highest BCUT2D eigenvalue weighted by atomic mass is 16.5. The normalized spacial score (nSPS) is 10.9. The molecule has 0 aliphatic carbocycles. The average molecular weight is 401 g/mol. The van der Waals surface area contributed by atoms with Crippen molar-refractivity contribution in [1.29, 1.82) is 5.26 Å². The molecule has 0 atom stereocenters. The number of methoxy groups -OCH3 is 1. The number of para-hydroxylation sites is 1. The number of hydrogen-bond donors (Lipinski definition) is 0. The van der Waals surface area contributed by atoms with Gasteiger partial charge in [0.05, 0.1) is 36.8 Å². The fraction of sp³-hybridized carbons (Fsp3) is 0.182. The SMILES string of the molecule is COCCn1c(=O)c2c(ncn2Cc2cccc(C#N)c2)n(-c2ccccc2)c1=O. The molecule has 0 radical (unpaired) electrons. The zero-order valence-corrected chi connectivity index (χ0v) is 16.4. The highest BCUT2D eigenvalue weighted by Crippen LogP contribution is 2.15. The van der Waals surface area contributed by atoms with E-state index in [0.717, 1.165) is 5.56 Å². The van der Waals surface area contributed by atoms with Crippen molar-refractivity contribution in [1.82, 2.24) is 18.7 Å². The van der Waals surface area contributed by atoms with E-state index in [2.05, 4.69) is 11.1 Å². The number of rotatable bonds is 6. The van der Waals surface area contributed by atoms with E-state index in [-0.39, 0.29) is 13.2 Å². The van der Waals surface area contributed by atoms with Crippen molar-refractivity contribution in [2.45, 2.75) is 13.1 Å². The van der Waals surface area contributed by atoms with Gasteiger partial charge < -0.3 is 9.30 Å². The lowest BCUT2D eigenvalue weighted by Gasteiger charge is -2.12. The molecule has 0 aliphatic rings. The second-order valence-electron chi connectivity index (χ2n) is 6.76. The highest BCUT2D eigenvalue weighted by Gasteiger charge is 2.19. The zero-order chi connectivity index (χ0) is 21.1. The van der Waals surface area contributed by atoms with Gasteiger partial charge in [-0.05, 0) is 29.8 Å². The molecule has 2 aromatic carbocycles. The molecule has 4 rings (SSSR count). The first-order valence-corrected chi connectivity index (χ1v) is 9.38. The minimum Gasteiger partial charge on any atom is -0.383 e. The summed E-state index contributed by atoms with van der Waals surface area (Å²) in [6.07, 6.45) is 1.55. The molecular weight excluding hydrogens is 382 g/mol. The first-order valence-electron chi connectivity index (χ1n) is 9.38. The van der Waals surface area contributed by atoms with Crippen molar-refractivity contribution < 1.29 is 4.74 Å². The average Bonchev–Trinajstić information content (AvgIpc) is 3.18. The number of hydrogen-bond acceptors (Lipinski definition) is 5. The minimum atomic E-state index is -0.465. The van der Waals surface area contributed by atoms with Crippen LogP contribution in [0, 0.1) is 11.3 Å². The van der Waals surface area contributed by atoms with Gasteiger partial charge in [-0.15, -0.1) is 0 Å². The molecular formula is C22H19N5O3. The summed E-state index contributed by atoms with van der Waals surface area (Å²) in [5, 5.41) is 9.14. The smallest absolute Gasteiger partial charge is 0.337 e. The van der Waals surface area contributed by atoms with Crippen molar-refractivity contribution >= 4 is 11.2 Å². The third-order valence-corrected chi connectivity index (χ3v) is 4.84. The lowest BCUT2D eigenvalue weighted by atomic mass is 10.1. The van der Waals surface area contributed by atoms with Crippen molar-refractivity contribution in [3.63, 3.8) is 0 Å². The summed E-state index contributed by atoms with van der Waals surface area (Å²) < 4.78 is 9.40. The molecule has 0 spiro atoms. The van der Waals surface area contributed by atoms with Gasteiger partial charge in [-0.3, -0.25) is 9.36 Å². The fourth-order valence-corrected chi connectivity index (χ4v) is 3.43. The summed E-state index contributed by atoms with van der Waals surface area (Å²) in [7, 11) is 1.52. The Morgan fingerprint density at radius 1 is 1.10 bits per heavy atom. The second kappa shape index (κ2) is 8.19. The molecule has 8 nitrogen and oxygen atoms in total. The van der Waals surface area contributed by atoms with E-state index in [1.54, 1.807) is 41.2 Å². The number of nitrogens with zero attached hydrogens (tertiary/aromatic N) is 5. The largest absolute Gasteiger partial charge is 0.383 e. The summed E-state index contributed by atoms with van der Waals surface area (Å²) in [6, 6.07) is 18.4. The van der Waals surface area contributed by atoms with E-state index in [1.807, 2.05) is 24.3 Å². The Hall–Kier alpha value is -3.96. The van der Waals surface area contributed by atoms with Gasteiger partial charge in [-0.25, -0.2) is 14.3 Å². The van der Waals surface area contributed by atoms with Crippen LogP contribution in [0.4, 0.5) is 0 Å². The van der Waals surface area contributed by atoms with Gasteiger partial charge in [0.1, 0.15) is 0 Å². The van der Waals surface area contributed by atoms with Gasteiger partial charge in [-0.2, -0.15) is 5.26 Å². The van der Waals surface area contributed by atoms with Gasteiger partial charge in [0.15, 0.2) is 11.2 Å². The molecule has 0 saturated heterocycles. The van der Waals surface area contributed by atoms with Crippen molar-refractivity contribution in [2.24, 2.45) is 0 Å². The number of fused-ring (bicyclic) bond motifs is 1. The Morgan fingerprint density at radius 2 is 1.90 bits per heavy atom. The number of nitriles is 1. The maximum atomic E-state index is 13.2. The maximum Gasteiger partial charge on any atom is 0.337 e. The van der Waals surface area contributed by atoms with Crippen LogP contribution in [0.25, 0.3) is 16.9 Å². The van der Waals surface area contributed by atoms with Crippen LogP contribution in [0.3, 0.4) is 0 Å². The molecule has 0 fully saturated rings. The van der Waals surface area contributed by atoms with Crippen LogP contribution in [0.2, 0.25) is 0 Å². The van der Waals surface area contributed by atoms with E-state index >= 15 is 0 Å². The molecule has 2 heterocycles. The van der Waals surface area contributed by atoms with Gasteiger partial charge in [0.25, 0.3) is 5.56 Å². The summed E-state index contributed by atoms with van der Waals surface area (Å²) in [4.78, 5) is 30.8. The van der Waals surface area contributed by atoms with E-state index in [9.17, 15) is 9.59 Å². The van der Waals surface area contributed by atoms with Crippen LogP contribution in [-0.4, -0.2) is 32.4 Å². The Bertz CT molecular complexity index is 1360. The molecule has 150 valence electrons. The Kier molecular flexibility index (Phi) is 5.28. The predicted molar refractivity (Wildman–Crippen MR) is 112 cm³/mol. The highest BCUT2D eigenvalue weighted by molar-refractivity contribution is 5.72. The minimum absolute atomic E-state index is 0.131. The van der Waals surface area contributed by atoms with Crippen molar-refractivity contribution in [3.05, 3.63) is 92.9 Å². The number of benzene rings is 2. The van der Waals surface area contributed by atoms with Crippen LogP contribution in [0.15, 0.2) is 70.5 Å². The van der Waals surface area contributed by atoms with E-state index < -0.39 is 11.2 Å². The molecule has 0 saturated carbocycles. The van der Waals surface area contributed by atoms with Crippen molar-refractivity contribution in [3.8, 4) is 11.8 Å². The number of ether oxygens (including phenoxy) is 1. The Morgan fingerprint density at radius 3 is 2.63 bits per heavy atom. The van der Waals surface area contributed by atoms with Crippen LogP contribution in [-0.2, 0) is 17.8 Å². The third-order valence-electron chi connectivity index (χ3n) is 4.84. The molecule has 8 heteroatoms. The first kappa shape index (κ1) is 19.4. The lowest BCUT2D eigenvalue weighted by molar-refractivity contribution is 0.184. The lowest BCUT2D eigenvalue weighted by Crippen LogP contribution is -2.41. The maximum absolute atomic E-state index is 13.2. The topological polar surface area (TPSA) is 94.8 Å². The van der Waals surface area contributed by atoms with Crippen LogP contribution < -0.4 is 11.2 Å². The molecule has 0 aliphatic heterocycles. The van der Waals surface area contributed by atoms with Crippen LogP contribution in [0.1, 0.15) is 11.1 Å². The fourth-order valence-electron chi connectivity index (χ4n) is 3.43. The summed E-state index contributed by atoms with van der Waals surface area (Å²) in [5.74, 6) is 0. The van der Waals surface area contributed by atoms with Crippen molar-refractivity contribution in [2.75, 3.05) is 13.7 Å². The molecule has 0 amide bonds. The molecule has 30 heavy (non-hydrogen) atoms. The Balaban J connectivity index is 1.95. The molecule has 0 unspecified atom stereocenters. The molecule has 0 N–H and O–H groups in total. The molecule has 0 bridgehead atoms. The third kappa shape index (κ3) is 3.43. The second-order valence-corrected chi connectivity index (χ2v) is 6.76. The summed E-state index contributed by atoms with van der Waals surface area (Å²) in [6.45, 7) is 0.707. The van der Waals surface area contributed by atoms with Crippen LogP contribution in [0.5, 0.6) is 0 Å². The predicted octanol–water partition coefficient (Wildman–Crippen LogP) is 1.92. The number of imidazole rings is 1. The van der Waals surface area contributed by atoms with E-state index in [1.165, 1.54) is 16.2 Å². The van der Waals surface area contributed by atoms with E-state index in [0.29, 0.717) is 29.0 Å².